The Labute approximate surface area is 174 Å². The first-order chi connectivity index (χ1) is 13.9. The number of amides is 1. The van der Waals surface area contributed by atoms with E-state index in [1.54, 1.807) is 42.6 Å². The molecule has 1 N–H and O–H groups in total. The lowest BCUT2D eigenvalue weighted by atomic mass is 10.1. The third-order valence-corrected chi connectivity index (χ3v) is 6.74. The van der Waals surface area contributed by atoms with Gasteiger partial charge in [-0.15, -0.1) is 0 Å². The molecule has 0 radical (unpaired) electrons. The molecule has 1 heterocycles. The van der Waals surface area contributed by atoms with Gasteiger partial charge in [0.05, 0.1) is 17.6 Å². The minimum atomic E-state index is -3.81. The predicted molar refractivity (Wildman–Crippen MR) is 111 cm³/mol. The zero-order valence-corrected chi connectivity index (χ0v) is 17.2. The molecule has 0 fully saturated rings. The Morgan fingerprint density at radius 2 is 1.83 bits per heavy atom. The van der Waals surface area contributed by atoms with Crippen molar-refractivity contribution >= 4 is 27.3 Å². The molecule has 3 aromatic rings. The molecule has 150 valence electrons. The Kier molecular flexibility index (Phi) is 6.51. The van der Waals surface area contributed by atoms with Gasteiger partial charge in [0.1, 0.15) is 11.0 Å². The average molecular weight is 431 g/mol. The van der Waals surface area contributed by atoms with Gasteiger partial charge in [0, 0.05) is 24.0 Å². The van der Waals surface area contributed by atoms with Gasteiger partial charge >= 0.3 is 0 Å². The van der Waals surface area contributed by atoms with E-state index in [0.717, 1.165) is 0 Å². The summed E-state index contributed by atoms with van der Waals surface area (Å²) in [5, 5.41) is 2.13. The second-order valence-corrected chi connectivity index (χ2v) is 8.75. The molecule has 3 rings (SSSR count). The number of para-hydroxylation sites is 1. The van der Waals surface area contributed by atoms with Gasteiger partial charge in [0.2, 0.25) is 0 Å². The Hall–Kier alpha value is -2.90. The molecule has 0 aliphatic carbocycles. The minimum absolute atomic E-state index is 0.113. The second kappa shape index (κ2) is 9.07. The fraction of sp³-hybridized carbons (Fsp3) is 0.143. The fourth-order valence-electron chi connectivity index (χ4n) is 2.87. The highest BCUT2D eigenvalue weighted by molar-refractivity contribution is 7.91. The van der Waals surface area contributed by atoms with Crippen molar-refractivity contribution in [3.8, 4) is 5.75 Å². The molecule has 8 heteroatoms. The Morgan fingerprint density at radius 3 is 2.48 bits per heavy atom. The lowest BCUT2D eigenvalue weighted by Crippen LogP contribution is -2.32. The molecule has 0 aliphatic rings. The summed E-state index contributed by atoms with van der Waals surface area (Å²) >= 11 is 5.88. The van der Waals surface area contributed by atoms with Crippen molar-refractivity contribution in [2.24, 2.45) is 0 Å². The van der Waals surface area contributed by atoms with Crippen LogP contribution in [0.3, 0.4) is 0 Å². The number of pyridine rings is 1. The largest absolute Gasteiger partial charge is 0.496 e. The van der Waals surface area contributed by atoms with Crippen molar-refractivity contribution in [3.63, 3.8) is 0 Å². The number of carbonyl (C=O) groups is 1. The molecule has 0 bridgehead atoms. The number of aromatic nitrogens is 1. The van der Waals surface area contributed by atoms with E-state index >= 15 is 0 Å². The van der Waals surface area contributed by atoms with Gasteiger partial charge < -0.3 is 10.1 Å². The lowest BCUT2D eigenvalue weighted by molar-refractivity contribution is 0.0950. The Morgan fingerprint density at radius 1 is 1.10 bits per heavy atom. The molecule has 2 aromatic carbocycles. The highest BCUT2D eigenvalue weighted by atomic mass is 35.5. The van der Waals surface area contributed by atoms with Gasteiger partial charge in [-0.3, -0.25) is 9.78 Å². The molecule has 1 amide bonds. The van der Waals surface area contributed by atoms with Gasteiger partial charge in [-0.05, 0) is 48.0 Å². The molecule has 6 nitrogen and oxygen atoms in total. The standard InChI is InChI=1S/C21H19ClN2O4S/c1-28-19-7-3-2-6-18(19)21(25)24-14-20(15-5-4-12-23-13-15)29(26,27)17-10-8-16(22)9-11-17/h2-13,20H,14H2,1H3,(H,24,25). The zero-order chi connectivity index (χ0) is 20.9. The predicted octanol–water partition coefficient (Wildman–Crippen LogP) is 3.69. The summed E-state index contributed by atoms with van der Waals surface area (Å²) in [7, 11) is -2.34. The van der Waals surface area contributed by atoms with Gasteiger partial charge in [-0.1, -0.05) is 29.8 Å². The van der Waals surface area contributed by atoms with Crippen LogP contribution in [0.1, 0.15) is 21.2 Å². The summed E-state index contributed by atoms with van der Waals surface area (Å²) in [4.78, 5) is 16.8. The highest BCUT2D eigenvalue weighted by Crippen LogP contribution is 2.29. The summed E-state index contributed by atoms with van der Waals surface area (Å²) < 4.78 is 31.7. The Bertz CT molecular complexity index is 1090. The molecule has 29 heavy (non-hydrogen) atoms. The van der Waals surface area contributed by atoms with Gasteiger partial charge in [0.15, 0.2) is 9.84 Å². The summed E-state index contributed by atoms with van der Waals surface area (Å²) in [6, 6.07) is 16.0. The molecular formula is C21H19ClN2O4S. The first-order valence-corrected chi connectivity index (χ1v) is 10.7. The van der Waals surface area contributed by atoms with Gasteiger partial charge in [-0.25, -0.2) is 8.42 Å². The van der Waals surface area contributed by atoms with Crippen molar-refractivity contribution in [2.45, 2.75) is 10.1 Å². The normalized spacial score (nSPS) is 12.2. The van der Waals surface area contributed by atoms with E-state index in [1.165, 1.54) is 37.6 Å². The first-order valence-electron chi connectivity index (χ1n) is 8.74. The number of hydrogen-bond donors (Lipinski definition) is 1. The summed E-state index contributed by atoms with van der Waals surface area (Å²) in [5.74, 6) is -0.0221. The highest BCUT2D eigenvalue weighted by Gasteiger charge is 2.30. The topological polar surface area (TPSA) is 85.4 Å². The number of ether oxygens (including phenoxy) is 1. The van der Waals surface area contributed by atoms with E-state index in [-0.39, 0.29) is 11.4 Å². The van der Waals surface area contributed by atoms with Crippen molar-refractivity contribution in [2.75, 3.05) is 13.7 Å². The zero-order valence-electron chi connectivity index (χ0n) is 15.6. The van der Waals surface area contributed by atoms with Crippen molar-refractivity contribution < 1.29 is 17.9 Å². The van der Waals surface area contributed by atoms with Crippen LogP contribution in [-0.4, -0.2) is 33.0 Å². The van der Waals surface area contributed by atoms with Crippen LogP contribution in [-0.2, 0) is 9.84 Å². The van der Waals surface area contributed by atoms with Gasteiger partial charge in [0.25, 0.3) is 5.91 Å². The summed E-state index contributed by atoms with van der Waals surface area (Å²) in [5.41, 5.74) is 0.798. The molecule has 1 unspecified atom stereocenters. The number of benzene rings is 2. The average Bonchev–Trinajstić information content (AvgIpc) is 2.74. The number of rotatable bonds is 7. The third kappa shape index (κ3) is 4.75. The number of carbonyl (C=O) groups excluding carboxylic acids is 1. The molecule has 0 aliphatic heterocycles. The fourth-order valence-corrected chi connectivity index (χ4v) is 4.64. The van der Waals surface area contributed by atoms with Crippen LogP contribution in [0.25, 0.3) is 0 Å². The number of sulfone groups is 1. The quantitative estimate of drug-likeness (QED) is 0.617. The van der Waals surface area contributed by atoms with E-state index in [9.17, 15) is 13.2 Å². The van der Waals surface area contributed by atoms with Crippen LogP contribution in [0.2, 0.25) is 5.02 Å². The number of nitrogens with zero attached hydrogens (tertiary/aromatic N) is 1. The van der Waals surface area contributed by atoms with E-state index in [0.29, 0.717) is 21.9 Å². The molecule has 0 saturated heterocycles. The molecular weight excluding hydrogens is 412 g/mol. The monoisotopic (exact) mass is 430 g/mol. The lowest BCUT2D eigenvalue weighted by Gasteiger charge is -2.19. The maximum Gasteiger partial charge on any atom is 0.255 e. The minimum Gasteiger partial charge on any atom is -0.496 e. The maximum absolute atomic E-state index is 13.3. The SMILES string of the molecule is COc1ccccc1C(=O)NCC(c1cccnc1)S(=O)(=O)c1ccc(Cl)cc1. The van der Waals surface area contributed by atoms with E-state index < -0.39 is 21.0 Å². The second-order valence-electron chi connectivity index (χ2n) is 6.18. The first kappa shape index (κ1) is 20.8. The van der Waals surface area contributed by atoms with Crippen LogP contribution in [0.5, 0.6) is 5.75 Å². The molecule has 1 atom stereocenters. The number of methoxy groups -OCH3 is 1. The van der Waals surface area contributed by atoms with Crippen LogP contribution in [0.4, 0.5) is 0 Å². The summed E-state index contributed by atoms with van der Waals surface area (Å²) in [6.45, 7) is -0.131. The van der Waals surface area contributed by atoms with E-state index in [1.807, 2.05) is 0 Å². The molecule has 1 aromatic heterocycles. The molecule has 0 saturated carbocycles. The van der Waals surface area contributed by atoms with Crippen molar-refractivity contribution in [1.29, 1.82) is 0 Å². The number of hydrogen-bond acceptors (Lipinski definition) is 5. The smallest absolute Gasteiger partial charge is 0.255 e. The number of nitrogens with one attached hydrogen (secondary N) is 1. The van der Waals surface area contributed by atoms with Crippen LogP contribution in [0.15, 0.2) is 78.0 Å². The Balaban J connectivity index is 1.91. The van der Waals surface area contributed by atoms with Crippen LogP contribution >= 0.6 is 11.6 Å². The van der Waals surface area contributed by atoms with Crippen molar-refractivity contribution in [3.05, 3.63) is 89.2 Å². The summed E-state index contributed by atoms with van der Waals surface area (Å²) in [6.07, 6.45) is 3.04. The van der Waals surface area contributed by atoms with E-state index in [4.69, 9.17) is 16.3 Å². The van der Waals surface area contributed by atoms with Crippen molar-refractivity contribution in [1.82, 2.24) is 10.3 Å². The van der Waals surface area contributed by atoms with Gasteiger partial charge in [-0.2, -0.15) is 0 Å². The molecule has 0 spiro atoms. The van der Waals surface area contributed by atoms with E-state index in [2.05, 4.69) is 10.3 Å². The maximum atomic E-state index is 13.3. The van der Waals surface area contributed by atoms with Crippen LogP contribution in [0, 0.1) is 0 Å². The van der Waals surface area contributed by atoms with Crippen LogP contribution < -0.4 is 10.1 Å². The third-order valence-electron chi connectivity index (χ3n) is 4.37. The number of halogens is 1.